The molecule has 1 aliphatic rings. The molecule has 0 amide bonds. The van der Waals surface area contributed by atoms with Gasteiger partial charge in [0.2, 0.25) is 0 Å². The molecular formula is C23H24NO2SW-. The van der Waals surface area contributed by atoms with Crippen LogP contribution in [-0.2, 0) is 42.3 Å². The maximum atomic E-state index is 13.4. The van der Waals surface area contributed by atoms with Crippen LogP contribution in [-0.4, -0.2) is 16.6 Å². The first-order valence-corrected chi connectivity index (χ1v) is 12.2. The third kappa shape index (κ3) is 4.68. The number of allylic oxidation sites excluding steroid dienone is 2. The Bertz CT molecular complexity index is 1030. The zero-order valence-corrected chi connectivity index (χ0v) is 19.9. The predicted molar refractivity (Wildman–Crippen MR) is 111 cm³/mol. The van der Waals surface area contributed by atoms with Crippen molar-refractivity contribution in [3.05, 3.63) is 94.4 Å². The Morgan fingerprint density at radius 2 is 1.93 bits per heavy atom. The quantitative estimate of drug-likeness (QED) is 0.370. The van der Waals surface area contributed by atoms with Crippen molar-refractivity contribution >= 4 is 13.9 Å². The summed E-state index contributed by atoms with van der Waals surface area (Å²) in [4.78, 5) is -0.107. The monoisotopic (exact) mass is 562 g/mol. The molecule has 0 saturated heterocycles. The molecule has 0 spiro atoms. The van der Waals surface area contributed by atoms with Gasteiger partial charge < -0.3 is 0 Å². The number of sulfonamides is 1. The molecule has 0 heterocycles. The van der Waals surface area contributed by atoms with Crippen LogP contribution >= 0.6 is 0 Å². The van der Waals surface area contributed by atoms with Gasteiger partial charge in [-0.25, -0.2) is 0 Å². The van der Waals surface area contributed by atoms with Gasteiger partial charge in [-0.05, 0) is 0 Å². The second kappa shape index (κ2) is 8.82. The van der Waals surface area contributed by atoms with Gasteiger partial charge in [-0.15, -0.1) is 0 Å². The van der Waals surface area contributed by atoms with Crippen LogP contribution in [0.4, 0.5) is 0 Å². The molecule has 5 heteroatoms. The van der Waals surface area contributed by atoms with Crippen LogP contribution in [0.3, 0.4) is 0 Å². The Hall–Kier alpha value is -1.61. The van der Waals surface area contributed by atoms with E-state index in [1.54, 1.807) is 10.4 Å². The van der Waals surface area contributed by atoms with Gasteiger partial charge in [-0.1, -0.05) is 0 Å². The number of hydrogen-bond donors (Lipinski definition) is 0. The standard InChI is InChI=1S/C23H24NO2S.W/c1-4-5-9-19(3)27(25,26)24(17-20-10-7-6-8-11-20)23-15-13-21-16-18(2)12-14-22(21)23;/h3,5-12,14,16,23H,13,15,17H2,1-2H3;/q-1;/b9-5-;. The molecule has 146 valence electrons. The molecule has 0 aromatic heterocycles. The zero-order chi connectivity index (χ0) is 20.3. The van der Waals surface area contributed by atoms with Crippen LogP contribution in [0.2, 0.25) is 0 Å². The van der Waals surface area contributed by atoms with E-state index < -0.39 is 10.0 Å². The number of fused-ring (bicyclic) bond motifs is 1. The average Bonchev–Trinajstić information content (AvgIpc) is 3.07. The van der Waals surface area contributed by atoms with Crippen molar-refractivity contribution in [1.82, 2.24) is 4.31 Å². The average molecular weight is 562 g/mol. The molecule has 0 radical (unpaired) electrons. The molecule has 0 bridgehead atoms. The predicted octanol–water partition coefficient (Wildman–Crippen LogP) is 4.43. The first-order valence-electron chi connectivity index (χ1n) is 9.25. The summed E-state index contributed by atoms with van der Waals surface area (Å²) in [7, 11) is -3.79. The van der Waals surface area contributed by atoms with Crippen LogP contribution in [0, 0.1) is 13.5 Å². The van der Waals surface area contributed by atoms with Gasteiger partial charge in [0.15, 0.2) is 0 Å². The van der Waals surface area contributed by atoms with Gasteiger partial charge in [0.05, 0.1) is 0 Å². The van der Waals surface area contributed by atoms with Gasteiger partial charge in [-0.3, -0.25) is 0 Å². The van der Waals surface area contributed by atoms with Crippen LogP contribution < -0.4 is 0 Å². The molecule has 0 aliphatic heterocycles. The van der Waals surface area contributed by atoms with E-state index in [9.17, 15) is 8.42 Å². The van der Waals surface area contributed by atoms with Crippen LogP contribution in [0.5, 0.6) is 0 Å². The minimum absolute atomic E-state index is 0.107. The molecular weight excluding hydrogens is 538 g/mol. The molecule has 2 aromatic carbocycles. The van der Waals surface area contributed by atoms with E-state index in [1.807, 2.05) is 37.3 Å². The van der Waals surface area contributed by atoms with Crippen molar-refractivity contribution in [2.75, 3.05) is 0 Å². The fourth-order valence-corrected chi connectivity index (χ4v) is 5.20. The summed E-state index contributed by atoms with van der Waals surface area (Å²) >= 11 is 1.29. The number of hydrogen-bond acceptors (Lipinski definition) is 2. The summed E-state index contributed by atoms with van der Waals surface area (Å²) in [6.45, 7) is 10.4. The Morgan fingerprint density at radius 3 is 2.61 bits per heavy atom. The molecule has 1 aliphatic carbocycles. The van der Waals surface area contributed by atoms with Gasteiger partial charge >= 0.3 is 180 Å². The molecule has 28 heavy (non-hydrogen) atoms. The topological polar surface area (TPSA) is 37.4 Å². The second-order valence-electron chi connectivity index (χ2n) is 7.14. The molecule has 1 unspecified atom stereocenters. The molecule has 3 rings (SSSR count). The van der Waals surface area contributed by atoms with Gasteiger partial charge in [-0.2, -0.15) is 0 Å². The number of aryl methyl sites for hydroxylation is 2. The zero-order valence-electron chi connectivity index (χ0n) is 16.1. The summed E-state index contributed by atoms with van der Waals surface area (Å²) in [5.74, 6) is 0. The first kappa shape index (κ1) is 21.1. The molecule has 2 aromatic rings. The number of nitrogens with zero attached hydrogens (tertiary/aromatic N) is 1. The summed E-state index contributed by atoms with van der Waals surface area (Å²) in [5.41, 5.74) is 4.46. The molecule has 1 atom stereocenters. The minimum atomic E-state index is -3.79. The van der Waals surface area contributed by atoms with Crippen molar-refractivity contribution < 1.29 is 27.8 Å². The van der Waals surface area contributed by atoms with Gasteiger partial charge in [0.25, 0.3) is 0 Å². The van der Waals surface area contributed by atoms with Crippen LogP contribution in [0.25, 0.3) is 0 Å². The van der Waals surface area contributed by atoms with E-state index in [4.69, 9.17) is 6.58 Å². The summed E-state index contributed by atoms with van der Waals surface area (Å²) in [6, 6.07) is 15.8. The molecule has 0 saturated carbocycles. The van der Waals surface area contributed by atoms with E-state index >= 15 is 0 Å². The van der Waals surface area contributed by atoms with Crippen molar-refractivity contribution in [3.63, 3.8) is 0 Å². The summed E-state index contributed by atoms with van der Waals surface area (Å²) in [5, 5.41) is 0. The van der Waals surface area contributed by atoms with Crippen LogP contribution in [0.15, 0.2) is 65.6 Å². The maximum absolute atomic E-state index is 13.4. The normalized spacial score (nSPS) is 16.5. The Labute approximate surface area is 179 Å². The third-order valence-corrected chi connectivity index (χ3v) is 7.18. The molecule has 0 fully saturated rings. The fourth-order valence-electron chi connectivity index (χ4n) is 3.57. The van der Waals surface area contributed by atoms with Crippen molar-refractivity contribution in [2.45, 2.75) is 39.3 Å². The van der Waals surface area contributed by atoms with Gasteiger partial charge in [0.1, 0.15) is 0 Å². The van der Waals surface area contributed by atoms with Crippen LogP contribution in [0.1, 0.15) is 41.6 Å². The Kier molecular flexibility index (Phi) is 6.64. The Morgan fingerprint density at radius 1 is 1.21 bits per heavy atom. The van der Waals surface area contributed by atoms with E-state index in [1.165, 1.54) is 36.6 Å². The number of rotatable bonds is 7. The summed E-state index contributed by atoms with van der Waals surface area (Å²) < 4.78 is 29.5. The van der Waals surface area contributed by atoms with Gasteiger partial charge in [0, 0.05) is 0 Å². The van der Waals surface area contributed by atoms with E-state index in [0.717, 1.165) is 27.9 Å². The first-order chi connectivity index (χ1) is 13.3. The Balaban J connectivity index is 2.02. The van der Waals surface area contributed by atoms with E-state index in [-0.39, 0.29) is 10.9 Å². The SMILES string of the molecule is [CH-]=C(/C=C\[C](C)=[W])S(=O)(=O)N(Cc1ccccc1)C1CCc2cc(C)ccc21. The number of benzene rings is 2. The fraction of sp³-hybridized carbons (Fsp3) is 0.261. The van der Waals surface area contributed by atoms with E-state index in [2.05, 4.69) is 25.1 Å². The van der Waals surface area contributed by atoms with Crippen molar-refractivity contribution in [3.8, 4) is 0 Å². The third-order valence-electron chi connectivity index (χ3n) is 4.96. The molecule has 3 nitrogen and oxygen atoms in total. The summed E-state index contributed by atoms with van der Waals surface area (Å²) in [6.07, 6.45) is 4.93. The molecule has 0 N–H and O–H groups in total. The second-order valence-corrected chi connectivity index (χ2v) is 11.3. The van der Waals surface area contributed by atoms with E-state index in [0.29, 0.717) is 6.54 Å². The van der Waals surface area contributed by atoms with Crippen molar-refractivity contribution in [1.29, 1.82) is 0 Å². The van der Waals surface area contributed by atoms with Crippen molar-refractivity contribution in [2.24, 2.45) is 0 Å².